The van der Waals surface area contributed by atoms with Gasteiger partial charge in [-0.2, -0.15) is 0 Å². The Labute approximate surface area is 95.0 Å². The van der Waals surface area contributed by atoms with Crippen LogP contribution in [0.4, 0.5) is 5.69 Å². The summed E-state index contributed by atoms with van der Waals surface area (Å²) in [5, 5.41) is 7.90. The fraction of sp³-hybridized carbons (Fsp3) is 0.500. The zero-order valence-electron chi connectivity index (χ0n) is 8.59. The molecule has 2 N–H and O–H groups in total. The highest BCUT2D eigenvalue weighted by molar-refractivity contribution is 6.30. The number of rotatable bonds is 0. The predicted molar refractivity (Wildman–Crippen MR) is 63.4 cm³/mol. The van der Waals surface area contributed by atoms with E-state index in [0.717, 1.165) is 24.0 Å². The Balaban J connectivity index is 2.06. The zero-order valence-corrected chi connectivity index (χ0v) is 9.35. The molecular weight excluding hydrogens is 208 g/mol. The van der Waals surface area contributed by atoms with Gasteiger partial charge in [0.05, 0.1) is 0 Å². The zero-order chi connectivity index (χ0) is 10.3. The van der Waals surface area contributed by atoms with Crippen molar-refractivity contribution >= 4 is 17.3 Å². The number of benzene rings is 1. The van der Waals surface area contributed by atoms with E-state index in [2.05, 4.69) is 22.8 Å². The number of anilines is 1. The minimum absolute atomic E-state index is 0.508. The van der Waals surface area contributed by atoms with E-state index in [1.165, 1.54) is 24.1 Å². The van der Waals surface area contributed by atoms with Gasteiger partial charge in [-0.1, -0.05) is 11.6 Å². The van der Waals surface area contributed by atoms with Gasteiger partial charge in [0.1, 0.15) is 0 Å². The van der Waals surface area contributed by atoms with Crippen LogP contribution in [0.25, 0.3) is 0 Å². The van der Waals surface area contributed by atoms with Crippen molar-refractivity contribution in [2.45, 2.75) is 18.9 Å². The maximum absolute atomic E-state index is 6.06. The highest BCUT2D eigenvalue weighted by atomic mass is 35.5. The van der Waals surface area contributed by atoms with Gasteiger partial charge in [0.25, 0.3) is 0 Å². The van der Waals surface area contributed by atoms with Gasteiger partial charge in [0.2, 0.25) is 0 Å². The largest absolute Gasteiger partial charge is 0.385 e. The van der Waals surface area contributed by atoms with Crippen LogP contribution in [0.1, 0.15) is 24.4 Å². The van der Waals surface area contributed by atoms with E-state index in [1.54, 1.807) is 0 Å². The topological polar surface area (TPSA) is 24.1 Å². The highest BCUT2D eigenvalue weighted by Crippen LogP contribution is 2.39. The first-order valence-electron chi connectivity index (χ1n) is 5.61. The second kappa shape index (κ2) is 3.69. The molecule has 0 bridgehead atoms. The first kappa shape index (κ1) is 9.49. The molecular formula is C12H15ClN2. The molecule has 2 aliphatic heterocycles. The second-order valence-corrected chi connectivity index (χ2v) is 4.86. The van der Waals surface area contributed by atoms with Crippen LogP contribution >= 0.6 is 11.6 Å². The van der Waals surface area contributed by atoms with Gasteiger partial charge in [-0.3, -0.25) is 0 Å². The summed E-state index contributed by atoms with van der Waals surface area (Å²) in [5.41, 5.74) is 2.60. The first-order valence-corrected chi connectivity index (χ1v) is 5.99. The van der Waals surface area contributed by atoms with Crippen molar-refractivity contribution in [3.8, 4) is 0 Å². The number of halogens is 1. The lowest BCUT2D eigenvalue weighted by atomic mass is 9.92. The van der Waals surface area contributed by atoms with Gasteiger partial charge in [0, 0.05) is 23.3 Å². The van der Waals surface area contributed by atoms with Crippen LogP contribution in [-0.2, 0) is 0 Å². The van der Waals surface area contributed by atoms with Crippen molar-refractivity contribution in [2.24, 2.45) is 5.92 Å². The van der Waals surface area contributed by atoms with E-state index < -0.39 is 0 Å². The quantitative estimate of drug-likeness (QED) is 0.706. The fourth-order valence-electron chi connectivity index (χ4n) is 2.78. The standard InChI is InChI=1S/C12H15ClN2/c13-9-1-2-11-10(7-9)12-8(3-5-14-11)4-6-15-12/h1-2,7-8,12,14-15H,3-6H2. The minimum atomic E-state index is 0.508. The number of nitrogens with one attached hydrogen (secondary N) is 2. The van der Waals surface area contributed by atoms with Gasteiger partial charge < -0.3 is 10.6 Å². The Hall–Kier alpha value is -0.730. The molecule has 2 aliphatic rings. The normalized spacial score (nSPS) is 28.9. The average molecular weight is 223 g/mol. The molecule has 0 spiro atoms. The maximum atomic E-state index is 6.06. The molecule has 1 aromatic carbocycles. The minimum Gasteiger partial charge on any atom is -0.385 e. The van der Waals surface area contributed by atoms with E-state index in [0.29, 0.717) is 6.04 Å². The van der Waals surface area contributed by atoms with Crippen molar-refractivity contribution in [1.82, 2.24) is 5.32 Å². The van der Waals surface area contributed by atoms with Crippen LogP contribution in [0.2, 0.25) is 5.02 Å². The molecule has 1 saturated heterocycles. The van der Waals surface area contributed by atoms with Gasteiger partial charge in [-0.15, -0.1) is 0 Å². The lowest BCUT2D eigenvalue weighted by molar-refractivity contribution is 0.451. The molecule has 2 unspecified atom stereocenters. The van der Waals surface area contributed by atoms with Gasteiger partial charge >= 0.3 is 0 Å². The summed E-state index contributed by atoms with van der Waals surface area (Å²) in [6.45, 7) is 2.22. The molecule has 1 aromatic rings. The second-order valence-electron chi connectivity index (χ2n) is 4.43. The van der Waals surface area contributed by atoms with Crippen molar-refractivity contribution in [2.75, 3.05) is 18.4 Å². The molecule has 1 fully saturated rings. The summed E-state index contributed by atoms with van der Waals surface area (Å²) < 4.78 is 0. The molecule has 80 valence electrons. The van der Waals surface area contributed by atoms with Crippen LogP contribution in [0.15, 0.2) is 18.2 Å². The van der Waals surface area contributed by atoms with Crippen LogP contribution in [0, 0.1) is 5.92 Å². The van der Waals surface area contributed by atoms with Crippen LogP contribution in [0.3, 0.4) is 0 Å². The average Bonchev–Trinajstić information content (AvgIpc) is 2.62. The van der Waals surface area contributed by atoms with Crippen molar-refractivity contribution in [3.63, 3.8) is 0 Å². The molecule has 0 radical (unpaired) electrons. The summed E-state index contributed by atoms with van der Waals surface area (Å²) in [4.78, 5) is 0. The monoisotopic (exact) mass is 222 g/mol. The van der Waals surface area contributed by atoms with Crippen molar-refractivity contribution < 1.29 is 0 Å². The SMILES string of the molecule is Clc1ccc2c(c1)C1NCCC1CCN2. The molecule has 3 heteroatoms. The first-order chi connectivity index (χ1) is 7.34. The lowest BCUT2D eigenvalue weighted by Crippen LogP contribution is -2.17. The van der Waals surface area contributed by atoms with E-state index >= 15 is 0 Å². The Bertz CT molecular complexity index is 378. The summed E-state index contributed by atoms with van der Waals surface area (Å²) in [6, 6.07) is 6.67. The smallest absolute Gasteiger partial charge is 0.0410 e. The summed E-state index contributed by atoms with van der Waals surface area (Å²) in [6.07, 6.45) is 2.54. The number of hydrogen-bond donors (Lipinski definition) is 2. The summed E-state index contributed by atoms with van der Waals surface area (Å²) >= 11 is 6.06. The predicted octanol–water partition coefficient (Wildman–Crippen LogP) is 2.81. The number of fused-ring (bicyclic) bond motifs is 3. The molecule has 3 rings (SSSR count). The van der Waals surface area contributed by atoms with Crippen LogP contribution in [-0.4, -0.2) is 13.1 Å². The summed E-state index contributed by atoms with van der Waals surface area (Å²) in [7, 11) is 0. The molecule has 15 heavy (non-hydrogen) atoms. The van der Waals surface area contributed by atoms with Crippen molar-refractivity contribution in [3.05, 3.63) is 28.8 Å². The third-order valence-electron chi connectivity index (χ3n) is 3.53. The Kier molecular flexibility index (Phi) is 2.33. The number of hydrogen-bond acceptors (Lipinski definition) is 2. The molecule has 2 nitrogen and oxygen atoms in total. The highest BCUT2D eigenvalue weighted by Gasteiger charge is 2.31. The Morgan fingerprint density at radius 2 is 2.07 bits per heavy atom. The van der Waals surface area contributed by atoms with Crippen LogP contribution in [0.5, 0.6) is 0 Å². The Morgan fingerprint density at radius 3 is 3.00 bits per heavy atom. The third kappa shape index (κ3) is 1.62. The van der Waals surface area contributed by atoms with E-state index in [-0.39, 0.29) is 0 Å². The van der Waals surface area contributed by atoms with E-state index in [1.807, 2.05) is 6.07 Å². The fourth-order valence-corrected chi connectivity index (χ4v) is 2.96. The van der Waals surface area contributed by atoms with Crippen molar-refractivity contribution in [1.29, 1.82) is 0 Å². The molecule has 2 atom stereocenters. The van der Waals surface area contributed by atoms with Gasteiger partial charge in [-0.05, 0) is 49.1 Å². The van der Waals surface area contributed by atoms with E-state index in [9.17, 15) is 0 Å². The van der Waals surface area contributed by atoms with Crippen LogP contribution < -0.4 is 10.6 Å². The van der Waals surface area contributed by atoms with Gasteiger partial charge in [-0.25, -0.2) is 0 Å². The Morgan fingerprint density at radius 1 is 1.20 bits per heavy atom. The lowest BCUT2D eigenvalue weighted by Gasteiger charge is -2.18. The molecule has 0 saturated carbocycles. The molecule has 0 amide bonds. The van der Waals surface area contributed by atoms with E-state index in [4.69, 9.17) is 11.6 Å². The molecule has 2 heterocycles. The maximum Gasteiger partial charge on any atom is 0.0410 e. The van der Waals surface area contributed by atoms with Gasteiger partial charge in [0.15, 0.2) is 0 Å². The molecule has 0 aromatic heterocycles. The third-order valence-corrected chi connectivity index (χ3v) is 3.77. The summed E-state index contributed by atoms with van der Waals surface area (Å²) in [5.74, 6) is 0.775. The molecule has 0 aliphatic carbocycles.